The first-order valence-corrected chi connectivity index (χ1v) is 8.39. The maximum absolute atomic E-state index is 5.89. The van der Waals surface area contributed by atoms with Crippen molar-refractivity contribution in [2.75, 3.05) is 34.3 Å². The normalized spacial score (nSPS) is 11.0. The van der Waals surface area contributed by atoms with E-state index in [-0.39, 0.29) is 24.0 Å². The fourth-order valence-electron chi connectivity index (χ4n) is 2.21. The summed E-state index contributed by atoms with van der Waals surface area (Å²) in [5, 5.41) is 6.58. The Morgan fingerprint density at radius 1 is 1.08 bits per heavy atom. The van der Waals surface area contributed by atoms with Crippen molar-refractivity contribution in [1.82, 2.24) is 20.5 Å². The molecule has 142 valence electrons. The molecule has 6 nitrogen and oxygen atoms in total. The number of hydrogen-bond acceptors (Lipinski definition) is 4. The van der Waals surface area contributed by atoms with Crippen LogP contribution in [0.2, 0.25) is 0 Å². The second-order valence-corrected chi connectivity index (χ2v) is 5.86. The fourth-order valence-corrected chi connectivity index (χ4v) is 2.21. The van der Waals surface area contributed by atoms with Crippen molar-refractivity contribution in [2.24, 2.45) is 4.99 Å². The summed E-state index contributed by atoms with van der Waals surface area (Å²) >= 11 is 0. The molecule has 0 aliphatic carbocycles. The zero-order chi connectivity index (χ0) is 17.9. The van der Waals surface area contributed by atoms with Gasteiger partial charge in [0.15, 0.2) is 5.96 Å². The number of halogens is 1. The number of para-hydroxylation sites is 1. The van der Waals surface area contributed by atoms with Crippen LogP contribution < -0.4 is 15.4 Å². The summed E-state index contributed by atoms with van der Waals surface area (Å²) in [6.07, 6.45) is 1.79. The van der Waals surface area contributed by atoms with Crippen LogP contribution in [-0.4, -0.2) is 50.1 Å². The third kappa shape index (κ3) is 8.01. The van der Waals surface area contributed by atoms with Gasteiger partial charge >= 0.3 is 0 Å². The summed E-state index contributed by atoms with van der Waals surface area (Å²) < 4.78 is 5.89. The van der Waals surface area contributed by atoms with E-state index in [1.807, 2.05) is 50.5 Å². The standard InChI is InChI=1S/C19H27N5O.HI/c1-20-19(23-15-17-9-6-7-11-21-17)22-14-16-8-4-5-10-18(16)25-13-12-24(2)3;/h4-11H,12-15H2,1-3H3,(H2,20,22,23);1H. The monoisotopic (exact) mass is 469 g/mol. The highest BCUT2D eigenvalue weighted by molar-refractivity contribution is 14.0. The third-order valence-electron chi connectivity index (χ3n) is 3.60. The summed E-state index contributed by atoms with van der Waals surface area (Å²) in [7, 11) is 5.83. The number of hydrogen-bond donors (Lipinski definition) is 2. The van der Waals surface area contributed by atoms with Crippen LogP contribution in [0, 0.1) is 0 Å². The lowest BCUT2D eigenvalue weighted by Crippen LogP contribution is -2.36. The molecule has 0 saturated carbocycles. The SMILES string of the molecule is CN=C(NCc1ccccn1)NCc1ccccc1OCCN(C)C.I. The van der Waals surface area contributed by atoms with Gasteiger partial charge in [-0.05, 0) is 32.3 Å². The smallest absolute Gasteiger partial charge is 0.191 e. The zero-order valence-corrected chi connectivity index (χ0v) is 17.9. The van der Waals surface area contributed by atoms with Crippen molar-refractivity contribution in [2.45, 2.75) is 13.1 Å². The molecule has 0 spiro atoms. The predicted octanol–water partition coefficient (Wildman–Crippen LogP) is 2.51. The summed E-state index contributed by atoms with van der Waals surface area (Å²) in [6.45, 7) is 2.81. The first-order chi connectivity index (χ1) is 12.2. The second kappa shape index (κ2) is 12.5. The van der Waals surface area contributed by atoms with Crippen LogP contribution in [0.4, 0.5) is 0 Å². The molecular formula is C19H28IN5O. The molecule has 2 N–H and O–H groups in total. The van der Waals surface area contributed by atoms with E-state index in [2.05, 4.69) is 31.6 Å². The minimum Gasteiger partial charge on any atom is -0.492 e. The summed E-state index contributed by atoms with van der Waals surface area (Å²) in [4.78, 5) is 10.6. The molecule has 0 bridgehead atoms. The molecular weight excluding hydrogens is 441 g/mol. The van der Waals surface area contributed by atoms with Crippen LogP contribution >= 0.6 is 24.0 Å². The van der Waals surface area contributed by atoms with E-state index >= 15 is 0 Å². The van der Waals surface area contributed by atoms with E-state index in [1.165, 1.54) is 0 Å². The fraction of sp³-hybridized carbons (Fsp3) is 0.368. The predicted molar refractivity (Wildman–Crippen MR) is 117 cm³/mol. The molecule has 0 aliphatic rings. The number of likely N-dealkylation sites (N-methyl/N-ethyl adjacent to an activating group) is 1. The van der Waals surface area contributed by atoms with Crippen LogP contribution in [0.25, 0.3) is 0 Å². The van der Waals surface area contributed by atoms with Gasteiger partial charge in [-0.25, -0.2) is 0 Å². The Morgan fingerprint density at radius 3 is 2.50 bits per heavy atom. The minimum absolute atomic E-state index is 0. The Bertz CT molecular complexity index is 664. The van der Waals surface area contributed by atoms with Gasteiger partial charge < -0.3 is 20.3 Å². The van der Waals surface area contributed by atoms with Crippen LogP contribution in [0.1, 0.15) is 11.3 Å². The number of rotatable bonds is 8. The second-order valence-electron chi connectivity index (χ2n) is 5.86. The highest BCUT2D eigenvalue weighted by Crippen LogP contribution is 2.17. The molecule has 1 aromatic carbocycles. The molecule has 26 heavy (non-hydrogen) atoms. The van der Waals surface area contributed by atoms with Crippen molar-refractivity contribution in [3.05, 3.63) is 59.9 Å². The summed E-state index contributed by atoms with van der Waals surface area (Å²) in [6, 6.07) is 13.9. The number of benzene rings is 1. The Hall–Kier alpha value is -1.87. The Kier molecular flexibility index (Phi) is 10.6. The van der Waals surface area contributed by atoms with Crippen LogP contribution in [-0.2, 0) is 13.1 Å². The molecule has 7 heteroatoms. The number of nitrogens with zero attached hydrogens (tertiary/aromatic N) is 3. The molecule has 0 aliphatic heterocycles. The summed E-state index contributed by atoms with van der Waals surface area (Å²) in [5.41, 5.74) is 2.07. The molecule has 0 radical (unpaired) electrons. The molecule has 1 aromatic heterocycles. The first kappa shape index (κ1) is 22.2. The molecule has 0 fully saturated rings. The molecule has 1 heterocycles. The lowest BCUT2D eigenvalue weighted by Gasteiger charge is -2.16. The van der Waals surface area contributed by atoms with Gasteiger partial charge in [-0.1, -0.05) is 24.3 Å². The van der Waals surface area contributed by atoms with Gasteiger partial charge in [-0.15, -0.1) is 24.0 Å². The van der Waals surface area contributed by atoms with Crippen molar-refractivity contribution >= 4 is 29.9 Å². The van der Waals surface area contributed by atoms with Crippen molar-refractivity contribution < 1.29 is 4.74 Å². The lowest BCUT2D eigenvalue weighted by molar-refractivity contribution is 0.259. The number of aromatic nitrogens is 1. The highest BCUT2D eigenvalue weighted by Gasteiger charge is 2.05. The van der Waals surface area contributed by atoms with Gasteiger partial charge in [-0.2, -0.15) is 0 Å². The Morgan fingerprint density at radius 2 is 1.81 bits per heavy atom. The lowest BCUT2D eigenvalue weighted by atomic mass is 10.2. The van der Waals surface area contributed by atoms with Crippen molar-refractivity contribution in [3.63, 3.8) is 0 Å². The van der Waals surface area contributed by atoms with E-state index in [9.17, 15) is 0 Å². The highest BCUT2D eigenvalue weighted by atomic mass is 127. The van der Waals surface area contributed by atoms with E-state index in [0.29, 0.717) is 19.7 Å². The quantitative estimate of drug-likeness (QED) is 0.354. The Balaban J connectivity index is 0.00000338. The maximum atomic E-state index is 5.89. The number of nitrogens with one attached hydrogen (secondary N) is 2. The molecule has 0 unspecified atom stereocenters. The zero-order valence-electron chi connectivity index (χ0n) is 15.6. The van der Waals surface area contributed by atoms with E-state index < -0.39 is 0 Å². The topological polar surface area (TPSA) is 61.8 Å². The summed E-state index contributed by atoms with van der Waals surface area (Å²) in [5.74, 6) is 1.63. The minimum atomic E-state index is 0. The average Bonchev–Trinajstić information content (AvgIpc) is 2.63. The number of guanidine groups is 1. The molecule has 0 atom stereocenters. The van der Waals surface area contributed by atoms with E-state index in [0.717, 1.165) is 29.5 Å². The van der Waals surface area contributed by atoms with Crippen LogP contribution in [0.15, 0.2) is 53.7 Å². The van der Waals surface area contributed by atoms with Gasteiger partial charge in [0.1, 0.15) is 12.4 Å². The first-order valence-electron chi connectivity index (χ1n) is 8.39. The number of aliphatic imine (C=N–C) groups is 1. The maximum Gasteiger partial charge on any atom is 0.191 e. The van der Waals surface area contributed by atoms with Gasteiger partial charge in [0.2, 0.25) is 0 Å². The largest absolute Gasteiger partial charge is 0.492 e. The van der Waals surface area contributed by atoms with Gasteiger partial charge in [0, 0.05) is 31.9 Å². The van der Waals surface area contributed by atoms with Gasteiger partial charge in [0.25, 0.3) is 0 Å². The number of ether oxygens (including phenoxy) is 1. The number of pyridine rings is 1. The van der Waals surface area contributed by atoms with Gasteiger partial charge in [0.05, 0.1) is 12.2 Å². The molecule has 2 aromatic rings. The van der Waals surface area contributed by atoms with Crippen molar-refractivity contribution in [1.29, 1.82) is 0 Å². The molecule has 0 amide bonds. The van der Waals surface area contributed by atoms with Crippen LogP contribution in [0.5, 0.6) is 5.75 Å². The van der Waals surface area contributed by atoms with E-state index in [1.54, 1.807) is 13.2 Å². The molecule has 2 rings (SSSR count). The van der Waals surface area contributed by atoms with Crippen LogP contribution in [0.3, 0.4) is 0 Å². The molecule has 0 saturated heterocycles. The van der Waals surface area contributed by atoms with Gasteiger partial charge in [-0.3, -0.25) is 9.98 Å². The van der Waals surface area contributed by atoms with Crippen molar-refractivity contribution in [3.8, 4) is 5.75 Å². The third-order valence-corrected chi connectivity index (χ3v) is 3.60. The Labute approximate surface area is 173 Å². The van der Waals surface area contributed by atoms with E-state index in [4.69, 9.17) is 4.74 Å². The average molecular weight is 469 g/mol.